The number of aliphatic hydroxyl groups excluding tert-OH is 1. The van der Waals surface area contributed by atoms with Crippen molar-refractivity contribution in [1.82, 2.24) is 29.4 Å². The van der Waals surface area contributed by atoms with E-state index in [0.29, 0.717) is 48.6 Å². The molecule has 0 aromatic carbocycles. The topological polar surface area (TPSA) is 146 Å². The number of nitrogens with one attached hydrogen (secondary N) is 3. The lowest BCUT2D eigenvalue weighted by Crippen LogP contribution is -2.41. The number of hydrogen-bond acceptors (Lipinski definition) is 8. The van der Waals surface area contributed by atoms with Crippen LogP contribution in [0.4, 0.5) is 17.2 Å². The molecule has 2 fully saturated rings. The minimum Gasteiger partial charge on any atom is -0.393 e. The molecule has 12 heteroatoms. The lowest BCUT2D eigenvalue weighted by Gasteiger charge is -2.16. The highest BCUT2D eigenvalue weighted by Gasteiger charge is 2.31. The van der Waals surface area contributed by atoms with Gasteiger partial charge < -0.3 is 30.5 Å². The van der Waals surface area contributed by atoms with Crippen LogP contribution in [0.5, 0.6) is 0 Å². The van der Waals surface area contributed by atoms with Gasteiger partial charge in [0.05, 0.1) is 18.0 Å². The third-order valence-electron chi connectivity index (χ3n) is 6.71. The first-order chi connectivity index (χ1) is 16.9. The molecule has 3 atom stereocenters. The van der Waals surface area contributed by atoms with Crippen LogP contribution in [0.15, 0.2) is 35.4 Å². The van der Waals surface area contributed by atoms with Crippen LogP contribution in [0.2, 0.25) is 0 Å². The van der Waals surface area contributed by atoms with Gasteiger partial charge in [0.15, 0.2) is 17.2 Å². The standard InChI is InChI=1S/C23H28N8O4/c1-24-17-11-19(26-15-4-3-8-30(23(15)35)13-5-6-14(32)10-13)28-31-18(12-25-20(17)31)21(33)27-16-7-9-29(2)22(16)34/h3-4,8,11-14,16,24,32H,5-7,9-10H2,1-2H3,(H,26,28)(H,27,33)/t13?,14?,16-/m1/s1. The minimum atomic E-state index is -0.583. The van der Waals surface area contributed by atoms with Gasteiger partial charge in [0.25, 0.3) is 11.5 Å². The number of anilines is 3. The van der Waals surface area contributed by atoms with Gasteiger partial charge in [-0.25, -0.2) is 9.50 Å². The highest BCUT2D eigenvalue weighted by Crippen LogP contribution is 2.29. The third kappa shape index (κ3) is 4.20. The summed E-state index contributed by atoms with van der Waals surface area (Å²) >= 11 is 0. The summed E-state index contributed by atoms with van der Waals surface area (Å²) in [7, 11) is 3.43. The van der Waals surface area contributed by atoms with Gasteiger partial charge in [-0.2, -0.15) is 0 Å². The summed E-state index contributed by atoms with van der Waals surface area (Å²) in [5, 5.41) is 23.3. The maximum absolute atomic E-state index is 13.1. The monoisotopic (exact) mass is 480 g/mol. The number of likely N-dealkylation sites (N-methyl/N-ethyl adjacent to an activating group) is 1. The van der Waals surface area contributed by atoms with Crippen molar-refractivity contribution in [3.63, 3.8) is 0 Å². The van der Waals surface area contributed by atoms with Crippen LogP contribution in [0.3, 0.4) is 0 Å². The number of carbonyl (C=O) groups is 2. The normalized spacial score (nSPS) is 22.1. The molecule has 35 heavy (non-hydrogen) atoms. The van der Waals surface area contributed by atoms with Crippen LogP contribution in [-0.2, 0) is 4.79 Å². The molecule has 2 amide bonds. The van der Waals surface area contributed by atoms with Crippen molar-refractivity contribution in [3.05, 3.63) is 46.6 Å². The van der Waals surface area contributed by atoms with Gasteiger partial charge in [-0.1, -0.05) is 0 Å². The first-order valence-electron chi connectivity index (χ1n) is 11.6. The molecule has 4 heterocycles. The quantitative estimate of drug-likeness (QED) is 0.404. The number of nitrogens with zero attached hydrogens (tertiary/aromatic N) is 5. The molecule has 4 N–H and O–H groups in total. The van der Waals surface area contributed by atoms with Crippen LogP contribution >= 0.6 is 0 Å². The number of fused-ring (bicyclic) bond motifs is 1. The van der Waals surface area contributed by atoms with E-state index in [9.17, 15) is 19.5 Å². The number of aromatic nitrogens is 4. The number of likely N-dealkylation sites (tertiary alicyclic amines) is 1. The van der Waals surface area contributed by atoms with Gasteiger partial charge in [0, 0.05) is 38.9 Å². The minimum absolute atomic E-state index is 0.0520. The molecule has 0 bridgehead atoms. The average molecular weight is 481 g/mol. The smallest absolute Gasteiger partial charge is 0.274 e. The lowest BCUT2D eigenvalue weighted by atomic mass is 10.2. The van der Waals surface area contributed by atoms with Gasteiger partial charge in [-0.05, 0) is 37.8 Å². The molecule has 1 saturated heterocycles. The Balaban J connectivity index is 1.45. The molecule has 12 nitrogen and oxygen atoms in total. The third-order valence-corrected chi connectivity index (χ3v) is 6.71. The first-order valence-corrected chi connectivity index (χ1v) is 11.6. The van der Waals surface area contributed by atoms with Crippen molar-refractivity contribution in [2.45, 2.75) is 43.9 Å². The summed E-state index contributed by atoms with van der Waals surface area (Å²) in [4.78, 5) is 44.2. The zero-order chi connectivity index (χ0) is 24.7. The molecule has 2 unspecified atom stereocenters. The van der Waals surface area contributed by atoms with Gasteiger partial charge in [0.1, 0.15) is 11.7 Å². The van der Waals surface area contributed by atoms with E-state index in [0.717, 1.165) is 6.42 Å². The Kier molecular flexibility index (Phi) is 5.89. The highest BCUT2D eigenvalue weighted by molar-refractivity contribution is 5.97. The van der Waals surface area contributed by atoms with Crippen LogP contribution in [0, 0.1) is 0 Å². The second-order valence-corrected chi connectivity index (χ2v) is 9.03. The number of hydrogen-bond donors (Lipinski definition) is 4. The zero-order valence-corrected chi connectivity index (χ0v) is 19.6. The van der Waals surface area contributed by atoms with Crippen LogP contribution < -0.4 is 21.5 Å². The molecule has 5 rings (SSSR count). The fourth-order valence-corrected chi connectivity index (χ4v) is 4.77. The number of pyridine rings is 1. The SMILES string of the molecule is CNc1cc(Nc2cccn(C3CCC(O)C3)c2=O)nn2c(C(=O)N[C@@H]3CCN(C)C3=O)cnc12. The van der Waals surface area contributed by atoms with E-state index < -0.39 is 18.1 Å². The fourth-order valence-electron chi connectivity index (χ4n) is 4.77. The average Bonchev–Trinajstić information content (AvgIpc) is 3.55. The second kappa shape index (κ2) is 9.02. The molecule has 184 valence electrons. The largest absolute Gasteiger partial charge is 0.393 e. The molecular formula is C23H28N8O4. The maximum Gasteiger partial charge on any atom is 0.274 e. The van der Waals surface area contributed by atoms with E-state index in [2.05, 4.69) is 26.0 Å². The summed E-state index contributed by atoms with van der Waals surface area (Å²) < 4.78 is 3.03. The predicted molar refractivity (Wildman–Crippen MR) is 129 cm³/mol. The molecule has 2 aliphatic rings. The Hall–Kier alpha value is -3.93. The molecule has 0 radical (unpaired) electrons. The van der Waals surface area contributed by atoms with E-state index >= 15 is 0 Å². The summed E-state index contributed by atoms with van der Waals surface area (Å²) in [5.41, 5.74) is 1.32. The van der Waals surface area contributed by atoms with Crippen molar-refractivity contribution in [3.8, 4) is 0 Å². The zero-order valence-electron chi connectivity index (χ0n) is 19.6. The van der Waals surface area contributed by atoms with E-state index in [4.69, 9.17) is 0 Å². The number of imidazole rings is 1. The Bertz CT molecular complexity index is 1350. The molecule has 1 aliphatic carbocycles. The molecule has 1 aliphatic heterocycles. The van der Waals surface area contributed by atoms with E-state index in [1.807, 2.05) is 0 Å². The van der Waals surface area contributed by atoms with Gasteiger partial charge in [-0.3, -0.25) is 14.4 Å². The maximum atomic E-state index is 13.1. The lowest BCUT2D eigenvalue weighted by molar-refractivity contribution is -0.128. The predicted octanol–water partition coefficient (Wildman–Crippen LogP) is 0.723. The molecular weight excluding hydrogens is 452 g/mol. The Morgan fingerprint density at radius 3 is 2.71 bits per heavy atom. The van der Waals surface area contributed by atoms with Crippen LogP contribution in [0.1, 0.15) is 42.2 Å². The summed E-state index contributed by atoms with van der Waals surface area (Å²) in [6.07, 6.45) is 5.25. The highest BCUT2D eigenvalue weighted by atomic mass is 16.3. The number of aliphatic hydroxyl groups is 1. The summed E-state index contributed by atoms with van der Waals surface area (Å²) in [6, 6.07) is 4.51. The Morgan fingerprint density at radius 2 is 2.03 bits per heavy atom. The first kappa shape index (κ1) is 22.8. The van der Waals surface area contributed by atoms with Crippen molar-refractivity contribution < 1.29 is 14.7 Å². The van der Waals surface area contributed by atoms with Crippen molar-refractivity contribution in [2.24, 2.45) is 0 Å². The summed E-state index contributed by atoms with van der Waals surface area (Å²) in [5.74, 6) is -0.250. The van der Waals surface area contributed by atoms with E-state index in [-0.39, 0.29) is 23.2 Å². The number of carbonyl (C=O) groups excluding carboxylic acids is 2. The molecule has 3 aromatic rings. The van der Waals surface area contributed by atoms with Gasteiger partial charge in [-0.15, -0.1) is 5.10 Å². The number of rotatable bonds is 6. The van der Waals surface area contributed by atoms with Gasteiger partial charge >= 0.3 is 0 Å². The van der Waals surface area contributed by atoms with Crippen molar-refractivity contribution in [1.29, 1.82) is 0 Å². The summed E-state index contributed by atoms with van der Waals surface area (Å²) in [6.45, 7) is 0.585. The molecule has 1 saturated carbocycles. The van der Waals surface area contributed by atoms with Crippen LogP contribution in [0.25, 0.3) is 5.65 Å². The van der Waals surface area contributed by atoms with Gasteiger partial charge in [0.2, 0.25) is 5.91 Å². The van der Waals surface area contributed by atoms with Crippen LogP contribution in [-0.4, -0.2) is 73.8 Å². The number of amides is 2. The Labute approximate surface area is 200 Å². The fraction of sp³-hybridized carbons (Fsp3) is 0.435. The second-order valence-electron chi connectivity index (χ2n) is 9.03. The van der Waals surface area contributed by atoms with Crippen molar-refractivity contribution >= 4 is 34.7 Å². The molecule has 0 spiro atoms. The van der Waals surface area contributed by atoms with Crippen molar-refractivity contribution in [2.75, 3.05) is 31.3 Å². The van der Waals surface area contributed by atoms with E-state index in [1.165, 1.54) is 10.7 Å². The van der Waals surface area contributed by atoms with E-state index in [1.54, 1.807) is 48.0 Å². The molecule has 3 aromatic heterocycles. The Morgan fingerprint density at radius 1 is 1.20 bits per heavy atom.